The van der Waals surface area contributed by atoms with E-state index in [1.165, 1.54) is 0 Å². The number of halogens is 3. The minimum Gasteiger partial charge on any atom is -0.322 e. The first kappa shape index (κ1) is 24.3. The second-order valence-corrected chi connectivity index (χ2v) is 9.28. The Labute approximate surface area is 207 Å². The Balaban J connectivity index is 0.00000274. The number of hydrogen-bond acceptors (Lipinski definition) is 4. The normalized spacial score (nSPS) is 15.6. The molecule has 34 heavy (non-hydrogen) atoms. The molecule has 0 atom stereocenters. The maximum absolute atomic E-state index is 14.0. The fourth-order valence-electron chi connectivity index (χ4n) is 4.33. The highest BCUT2D eigenvalue weighted by atomic mass is 35.5. The van der Waals surface area contributed by atoms with Crippen LogP contribution in [0.2, 0.25) is 0 Å². The third-order valence-corrected chi connectivity index (χ3v) is 6.72. The van der Waals surface area contributed by atoms with E-state index in [2.05, 4.69) is 10.3 Å². The molecular weight excluding hydrogens is 476 g/mol. The van der Waals surface area contributed by atoms with Crippen LogP contribution in [-0.4, -0.2) is 34.8 Å². The van der Waals surface area contributed by atoms with Crippen LogP contribution in [0.25, 0.3) is 21.3 Å². The van der Waals surface area contributed by atoms with Gasteiger partial charge in [0, 0.05) is 24.2 Å². The average molecular weight is 500 g/mol. The number of rotatable bonds is 5. The Morgan fingerprint density at radius 3 is 2.71 bits per heavy atom. The molecule has 0 radical (unpaired) electrons. The van der Waals surface area contributed by atoms with Gasteiger partial charge in [-0.25, -0.2) is 13.8 Å². The molecule has 0 saturated carbocycles. The summed E-state index contributed by atoms with van der Waals surface area (Å²) in [4.78, 5) is 19.1. The van der Waals surface area contributed by atoms with Gasteiger partial charge in [-0.3, -0.25) is 9.69 Å². The number of hydrogen-bond donors (Lipinski definition) is 1. The summed E-state index contributed by atoms with van der Waals surface area (Å²) in [6, 6.07) is 21.0. The Bertz CT molecular complexity index is 1300. The van der Waals surface area contributed by atoms with E-state index >= 15 is 0 Å². The first-order valence-corrected chi connectivity index (χ1v) is 11.8. The molecule has 1 amide bonds. The van der Waals surface area contributed by atoms with Crippen LogP contribution < -0.4 is 5.32 Å². The molecule has 0 bridgehead atoms. The predicted molar refractivity (Wildman–Crippen MR) is 136 cm³/mol. The number of benzene rings is 3. The molecule has 4 nitrogen and oxygen atoms in total. The molecule has 1 N–H and O–H groups in total. The number of thiazole rings is 1. The second-order valence-electron chi connectivity index (χ2n) is 8.40. The van der Waals surface area contributed by atoms with Crippen LogP contribution in [0.15, 0.2) is 72.2 Å². The summed E-state index contributed by atoms with van der Waals surface area (Å²) in [6.45, 7) is 0.727. The lowest BCUT2D eigenvalue weighted by molar-refractivity contribution is -0.0660. The van der Waals surface area contributed by atoms with Crippen molar-refractivity contribution < 1.29 is 13.6 Å². The van der Waals surface area contributed by atoms with Crippen LogP contribution in [0.5, 0.6) is 0 Å². The summed E-state index contributed by atoms with van der Waals surface area (Å²) in [6.07, 6.45) is 0.397. The van der Waals surface area contributed by atoms with Gasteiger partial charge in [0.2, 0.25) is 0 Å². The van der Waals surface area contributed by atoms with Crippen molar-refractivity contribution in [1.82, 2.24) is 9.88 Å². The highest BCUT2D eigenvalue weighted by Crippen LogP contribution is 2.31. The lowest BCUT2D eigenvalue weighted by atomic mass is 9.96. The summed E-state index contributed by atoms with van der Waals surface area (Å²) in [5, 5.41) is 2.94. The van der Waals surface area contributed by atoms with Crippen LogP contribution in [0.1, 0.15) is 28.8 Å². The molecular formula is C26H24ClF2N3OS. The molecule has 0 spiro atoms. The SMILES string of the molecule is Cl.O=C(Nc1ccc2scnc2c1)c1ccc(-c2ccccc2)c(CN2CCCC(F)(F)C2)c1. The molecule has 1 aromatic heterocycles. The van der Waals surface area contributed by atoms with Gasteiger partial charge in [0.05, 0.1) is 22.3 Å². The first-order valence-electron chi connectivity index (χ1n) is 10.9. The van der Waals surface area contributed by atoms with Gasteiger partial charge in [0.15, 0.2) is 0 Å². The number of anilines is 1. The van der Waals surface area contributed by atoms with E-state index in [0.29, 0.717) is 30.8 Å². The predicted octanol–water partition coefficient (Wildman–Crippen LogP) is 6.87. The summed E-state index contributed by atoms with van der Waals surface area (Å²) in [5.41, 5.74) is 6.58. The maximum Gasteiger partial charge on any atom is 0.260 e. The van der Waals surface area contributed by atoms with Gasteiger partial charge >= 0.3 is 0 Å². The minimum absolute atomic E-state index is 0. The zero-order valence-electron chi connectivity index (χ0n) is 18.3. The molecule has 0 aliphatic carbocycles. The molecule has 0 unspecified atom stereocenters. The van der Waals surface area contributed by atoms with Crippen molar-refractivity contribution in [2.45, 2.75) is 25.3 Å². The van der Waals surface area contributed by atoms with Gasteiger partial charge in [0.1, 0.15) is 0 Å². The topological polar surface area (TPSA) is 45.2 Å². The third-order valence-electron chi connectivity index (χ3n) is 5.91. The summed E-state index contributed by atoms with van der Waals surface area (Å²) >= 11 is 1.55. The van der Waals surface area contributed by atoms with Crippen molar-refractivity contribution in [1.29, 1.82) is 0 Å². The number of likely N-dealkylation sites (tertiary alicyclic amines) is 1. The van der Waals surface area contributed by atoms with Crippen molar-refractivity contribution in [2.24, 2.45) is 0 Å². The van der Waals surface area contributed by atoms with E-state index in [1.54, 1.807) is 27.8 Å². The van der Waals surface area contributed by atoms with Crippen molar-refractivity contribution in [3.8, 4) is 11.1 Å². The number of nitrogens with one attached hydrogen (secondary N) is 1. The average Bonchev–Trinajstić information content (AvgIpc) is 3.27. The van der Waals surface area contributed by atoms with Crippen LogP contribution >= 0.6 is 23.7 Å². The lowest BCUT2D eigenvalue weighted by Crippen LogP contribution is -2.42. The first-order chi connectivity index (χ1) is 16.0. The number of amides is 1. The molecule has 5 rings (SSSR count). The van der Waals surface area contributed by atoms with Crippen molar-refractivity contribution in [3.63, 3.8) is 0 Å². The van der Waals surface area contributed by atoms with Crippen LogP contribution in [0.4, 0.5) is 14.5 Å². The standard InChI is InChI=1S/C26H23F2N3OS.ClH/c27-26(28)11-4-12-31(16-26)15-20-13-19(7-9-22(20)18-5-2-1-3-6-18)25(32)30-21-8-10-24-23(14-21)29-17-33-24;/h1-3,5-10,13-14,17H,4,11-12,15-16H2,(H,30,32);1H. The number of fused-ring (bicyclic) bond motifs is 1. The Morgan fingerprint density at radius 2 is 1.91 bits per heavy atom. The van der Waals surface area contributed by atoms with Crippen LogP contribution in [0, 0.1) is 0 Å². The number of nitrogens with zero attached hydrogens (tertiary/aromatic N) is 2. The molecule has 1 aliphatic rings. The van der Waals surface area contributed by atoms with Gasteiger partial charge in [-0.05, 0) is 60.0 Å². The Kier molecular flexibility index (Phi) is 7.26. The number of carbonyl (C=O) groups is 1. The molecule has 1 saturated heterocycles. The molecule has 1 fully saturated rings. The van der Waals surface area contributed by atoms with Gasteiger partial charge in [0.25, 0.3) is 11.8 Å². The molecule has 176 valence electrons. The lowest BCUT2D eigenvalue weighted by Gasteiger charge is -2.33. The van der Waals surface area contributed by atoms with Crippen molar-refractivity contribution in [3.05, 3.63) is 83.4 Å². The van der Waals surface area contributed by atoms with Gasteiger partial charge < -0.3 is 5.32 Å². The van der Waals surface area contributed by atoms with Gasteiger partial charge in [-0.15, -0.1) is 23.7 Å². The van der Waals surface area contributed by atoms with E-state index in [9.17, 15) is 13.6 Å². The Morgan fingerprint density at radius 1 is 1.09 bits per heavy atom. The van der Waals surface area contributed by atoms with E-state index in [4.69, 9.17) is 0 Å². The van der Waals surface area contributed by atoms with E-state index in [0.717, 1.165) is 26.9 Å². The molecule has 1 aliphatic heterocycles. The number of alkyl halides is 2. The second kappa shape index (κ2) is 10.2. The highest BCUT2D eigenvalue weighted by Gasteiger charge is 2.35. The summed E-state index contributed by atoms with van der Waals surface area (Å²) < 4.78 is 29.1. The van der Waals surface area contributed by atoms with E-state index < -0.39 is 5.92 Å². The minimum atomic E-state index is -2.67. The third kappa shape index (κ3) is 5.43. The molecule has 2 heterocycles. The Hall–Kier alpha value is -2.87. The summed E-state index contributed by atoms with van der Waals surface area (Å²) in [7, 11) is 0. The van der Waals surface area contributed by atoms with E-state index in [1.807, 2.05) is 60.7 Å². The van der Waals surface area contributed by atoms with Crippen molar-refractivity contribution in [2.75, 3.05) is 18.4 Å². The molecule has 8 heteroatoms. The molecule has 3 aromatic carbocycles. The maximum atomic E-state index is 14.0. The quantitative estimate of drug-likeness (QED) is 0.326. The van der Waals surface area contributed by atoms with Gasteiger partial charge in [-0.1, -0.05) is 36.4 Å². The fraction of sp³-hybridized carbons (Fsp3) is 0.231. The summed E-state index contributed by atoms with van der Waals surface area (Å²) in [5.74, 6) is -2.91. The smallest absolute Gasteiger partial charge is 0.260 e. The number of aromatic nitrogens is 1. The fourth-order valence-corrected chi connectivity index (χ4v) is 4.99. The van der Waals surface area contributed by atoms with E-state index in [-0.39, 0.29) is 31.3 Å². The zero-order chi connectivity index (χ0) is 22.8. The van der Waals surface area contributed by atoms with Crippen LogP contribution in [0.3, 0.4) is 0 Å². The highest BCUT2D eigenvalue weighted by molar-refractivity contribution is 7.16. The molecule has 4 aromatic rings. The van der Waals surface area contributed by atoms with Crippen LogP contribution in [-0.2, 0) is 6.54 Å². The van der Waals surface area contributed by atoms with Gasteiger partial charge in [-0.2, -0.15) is 0 Å². The number of piperidine rings is 1. The monoisotopic (exact) mass is 499 g/mol. The largest absolute Gasteiger partial charge is 0.322 e. The number of carbonyl (C=O) groups excluding carboxylic acids is 1. The van der Waals surface area contributed by atoms with Crippen molar-refractivity contribution >= 4 is 45.6 Å². The zero-order valence-corrected chi connectivity index (χ0v) is 20.0.